The number of carbonyl (C=O) groups is 1. The molecular formula is C16H21Cl2FN2O. The second kappa shape index (κ2) is 7.62. The lowest BCUT2D eigenvalue weighted by Crippen LogP contribution is -2.43. The minimum atomic E-state index is -0.535. The van der Waals surface area contributed by atoms with E-state index in [2.05, 4.69) is 5.32 Å². The molecule has 0 radical (unpaired) electrons. The van der Waals surface area contributed by atoms with Gasteiger partial charge in [0.05, 0.1) is 5.56 Å². The molecule has 0 bridgehead atoms. The largest absolute Gasteiger partial charge is 0.339 e. The molecule has 3 nitrogen and oxygen atoms in total. The van der Waals surface area contributed by atoms with Crippen molar-refractivity contribution in [3.63, 3.8) is 0 Å². The van der Waals surface area contributed by atoms with Gasteiger partial charge in [0, 0.05) is 24.2 Å². The number of likely N-dealkylation sites (tertiary alicyclic amines) is 1. The third-order valence-corrected chi connectivity index (χ3v) is 4.89. The molecule has 1 aromatic rings. The fourth-order valence-corrected chi connectivity index (χ4v) is 3.61. The maximum absolute atomic E-state index is 13.8. The molecule has 1 aromatic carbocycles. The SMILES string of the molecule is Cl.O=C(c1ccc(Cl)cc1F)N1CCC(C2CCCN2)CC1. The van der Waals surface area contributed by atoms with E-state index in [-0.39, 0.29) is 23.9 Å². The van der Waals surface area contributed by atoms with Crippen LogP contribution in [0.1, 0.15) is 36.0 Å². The average molecular weight is 347 g/mol. The predicted molar refractivity (Wildman–Crippen MR) is 88.3 cm³/mol. The molecule has 2 aliphatic heterocycles. The number of rotatable bonds is 2. The van der Waals surface area contributed by atoms with Gasteiger partial charge in [-0.25, -0.2) is 4.39 Å². The quantitative estimate of drug-likeness (QED) is 0.888. The van der Waals surface area contributed by atoms with Crippen LogP contribution in [0.2, 0.25) is 5.02 Å². The van der Waals surface area contributed by atoms with Crippen LogP contribution in [0.25, 0.3) is 0 Å². The Morgan fingerprint density at radius 3 is 2.59 bits per heavy atom. The first kappa shape index (κ1) is 17.5. The van der Waals surface area contributed by atoms with Gasteiger partial charge in [-0.15, -0.1) is 12.4 Å². The standard InChI is InChI=1S/C16H20ClFN2O.ClH/c17-12-3-4-13(14(18)10-12)16(21)20-8-5-11(6-9-20)15-2-1-7-19-15;/h3-4,10-11,15,19H,1-2,5-9H2;1H. The molecular weight excluding hydrogens is 326 g/mol. The Bertz CT molecular complexity index is 527. The Kier molecular flexibility index (Phi) is 6.07. The fraction of sp³-hybridized carbons (Fsp3) is 0.562. The topological polar surface area (TPSA) is 32.3 Å². The van der Waals surface area contributed by atoms with Crippen LogP contribution >= 0.6 is 24.0 Å². The fourth-order valence-electron chi connectivity index (χ4n) is 3.45. The summed E-state index contributed by atoms with van der Waals surface area (Å²) in [7, 11) is 0. The highest BCUT2D eigenvalue weighted by atomic mass is 35.5. The van der Waals surface area contributed by atoms with Gasteiger partial charge >= 0.3 is 0 Å². The van der Waals surface area contributed by atoms with Crippen LogP contribution in [0.3, 0.4) is 0 Å². The van der Waals surface area contributed by atoms with Crippen molar-refractivity contribution < 1.29 is 9.18 Å². The molecule has 0 spiro atoms. The third kappa shape index (κ3) is 3.73. The second-order valence-corrected chi connectivity index (χ2v) is 6.39. The van der Waals surface area contributed by atoms with Crippen LogP contribution in [-0.2, 0) is 0 Å². The molecule has 122 valence electrons. The van der Waals surface area contributed by atoms with Gasteiger partial charge in [-0.2, -0.15) is 0 Å². The van der Waals surface area contributed by atoms with Crippen LogP contribution in [0.15, 0.2) is 18.2 Å². The molecule has 2 heterocycles. The van der Waals surface area contributed by atoms with E-state index in [0.717, 1.165) is 19.4 Å². The number of halogens is 3. The van der Waals surface area contributed by atoms with Crippen molar-refractivity contribution in [1.29, 1.82) is 0 Å². The maximum Gasteiger partial charge on any atom is 0.256 e. The number of nitrogens with one attached hydrogen (secondary N) is 1. The van der Waals surface area contributed by atoms with E-state index in [1.807, 2.05) is 0 Å². The van der Waals surface area contributed by atoms with Crippen LogP contribution in [0, 0.1) is 11.7 Å². The van der Waals surface area contributed by atoms with Gasteiger partial charge in [0.25, 0.3) is 5.91 Å². The highest BCUT2D eigenvalue weighted by Gasteiger charge is 2.30. The van der Waals surface area contributed by atoms with E-state index in [4.69, 9.17) is 11.6 Å². The van der Waals surface area contributed by atoms with E-state index in [1.54, 1.807) is 11.0 Å². The minimum absolute atomic E-state index is 0. The Balaban J connectivity index is 0.00000176. The molecule has 1 unspecified atom stereocenters. The summed E-state index contributed by atoms with van der Waals surface area (Å²) in [6.45, 7) is 2.54. The molecule has 0 saturated carbocycles. The van der Waals surface area contributed by atoms with Gasteiger partial charge in [-0.3, -0.25) is 4.79 Å². The number of piperidine rings is 1. The molecule has 1 N–H and O–H groups in total. The summed E-state index contributed by atoms with van der Waals surface area (Å²) in [6, 6.07) is 4.84. The van der Waals surface area contributed by atoms with Gasteiger partial charge in [-0.1, -0.05) is 11.6 Å². The molecule has 2 aliphatic rings. The monoisotopic (exact) mass is 346 g/mol. The lowest BCUT2D eigenvalue weighted by molar-refractivity contribution is 0.0670. The molecule has 1 amide bonds. The van der Waals surface area contributed by atoms with Gasteiger partial charge in [-0.05, 0) is 56.3 Å². The molecule has 3 rings (SSSR count). The number of amides is 1. The van der Waals surface area contributed by atoms with Crippen LogP contribution in [-0.4, -0.2) is 36.5 Å². The highest BCUT2D eigenvalue weighted by Crippen LogP contribution is 2.27. The van der Waals surface area contributed by atoms with Crippen LogP contribution in [0.5, 0.6) is 0 Å². The Morgan fingerprint density at radius 2 is 2.00 bits per heavy atom. The van der Waals surface area contributed by atoms with Crippen LogP contribution < -0.4 is 5.32 Å². The molecule has 22 heavy (non-hydrogen) atoms. The van der Waals surface area contributed by atoms with E-state index >= 15 is 0 Å². The molecule has 1 atom stereocenters. The lowest BCUT2D eigenvalue weighted by Gasteiger charge is -2.35. The van der Waals surface area contributed by atoms with E-state index in [9.17, 15) is 9.18 Å². The van der Waals surface area contributed by atoms with Gasteiger partial charge in [0.2, 0.25) is 0 Å². The molecule has 0 aromatic heterocycles. The number of benzene rings is 1. The van der Waals surface area contributed by atoms with Crippen molar-refractivity contribution in [2.45, 2.75) is 31.7 Å². The summed E-state index contributed by atoms with van der Waals surface area (Å²) in [5.41, 5.74) is 0.122. The van der Waals surface area contributed by atoms with Crippen molar-refractivity contribution in [1.82, 2.24) is 10.2 Å². The first-order valence-electron chi connectivity index (χ1n) is 7.63. The van der Waals surface area contributed by atoms with E-state index in [1.165, 1.54) is 25.0 Å². The number of nitrogens with zero attached hydrogens (tertiary/aromatic N) is 1. The summed E-state index contributed by atoms with van der Waals surface area (Å²) >= 11 is 5.73. The lowest BCUT2D eigenvalue weighted by atomic mass is 9.88. The van der Waals surface area contributed by atoms with E-state index in [0.29, 0.717) is 30.1 Å². The maximum atomic E-state index is 13.8. The van der Waals surface area contributed by atoms with Gasteiger partial charge < -0.3 is 10.2 Å². The Hall–Kier alpha value is -0.840. The first-order valence-corrected chi connectivity index (χ1v) is 8.00. The minimum Gasteiger partial charge on any atom is -0.339 e. The van der Waals surface area contributed by atoms with Gasteiger partial charge in [0.1, 0.15) is 5.82 Å². The Labute approximate surface area is 141 Å². The first-order chi connectivity index (χ1) is 10.1. The second-order valence-electron chi connectivity index (χ2n) is 5.96. The Morgan fingerprint density at radius 1 is 1.27 bits per heavy atom. The third-order valence-electron chi connectivity index (χ3n) is 4.66. The molecule has 6 heteroatoms. The van der Waals surface area contributed by atoms with Crippen molar-refractivity contribution in [3.05, 3.63) is 34.6 Å². The highest BCUT2D eigenvalue weighted by molar-refractivity contribution is 6.30. The summed E-state index contributed by atoms with van der Waals surface area (Å²) in [6.07, 6.45) is 4.49. The van der Waals surface area contributed by atoms with Crippen molar-refractivity contribution in [2.75, 3.05) is 19.6 Å². The van der Waals surface area contributed by atoms with Gasteiger partial charge in [0.15, 0.2) is 0 Å². The molecule has 0 aliphatic carbocycles. The number of hydrogen-bond donors (Lipinski definition) is 1. The normalized spacial score (nSPS) is 22.5. The van der Waals surface area contributed by atoms with Crippen molar-refractivity contribution in [3.8, 4) is 0 Å². The van der Waals surface area contributed by atoms with Crippen LogP contribution in [0.4, 0.5) is 4.39 Å². The van der Waals surface area contributed by atoms with E-state index < -0.39 is 5.82 Å². The number of carbonyl (C=O) groups excluding carboxylic acids is 1. The summed E-state index contributed by atoms with van der Waals surface area (Å²) in [5, 5.41) is 3.85. The van der Waals surface area contributed by atoms with Crippen molar-refractivity contribution in [2.24, 2.45) is 5.92 Å². The molecule has 2 saturated heterocycles. The summed E-state index contributed by atoms with van der Waals surface area (Å²) in [5.74, 6) is -0.110. The zero-order valence-electron chi connectivity index (χ0n) is 12.4. The molecule has 2 fully saturated rings. The number of hydrogen-bond acceptors (Lipinski definition) is 2. The summed E-state index contributed by atoms with van der Waals surface area (Å²) < 4.78 is 13.8. The predicted octanol–water partition coefficient (Wildman–Crippen LogP) is 3.51. The van der Waals surface area contributed by atoms with Crippen molar-refractivity contribution >= 4 is 29.9 Å². The smallest absolute Gasteiger partial charge is 0.256 e. The summed E-state index contributed by atoms with van der Waals surface area (Å²) in [4.78, 5) is 14.1. The zero-order chi connectivity index (χ0) is 14.8. The zero-order valence-corrected chi connectivity index (χ0v) is 13.9. The average Bonchev–Trinajstić information content (AvgIpc) is 3.01.